The van der Waals surface area contributed by atoms with E-state index in [1.54, 1.807) is 0 Å². The molecule has 0 aliphatic carbocycles. The van der Waals surface area contributed by atoms with Gasteiger partial charge in [0.25, 0.3) is 0 Å². The SMILES string of the molecule is NCCNc1nnc(-c2ccccc2Cc2ccc(C(F)(F)F)cc2)o1. The van der Waals surface area contributed by atoms with E-state index in [4.69, 9.17) is 10.2 Å². The molecule has 0 aliphatic heterocycles. The predicted molar refractivity (Wildman–Crippen MR) is 91.5 cm³/mol. The smallest absolute Gasteiger partial charge is 0.403 e. The molecule has 1 heterocycles. The van der Waals surface area contributed by atoms with Crippen LogP contribution in [0.2, 0.25) is 0 Å². The maximum absolute atomic E-state index is 12.7. The Morgan fingerprint density at radius 3 is 2.42 bits per heavy atom. The van der Waals surface area contributed by atoms with E-state index in [2.05, 4.69) is 15.5 Å². The van der Waals surface area contributed by atoms with Crippen molar-refractivity contribution in [2.24, 2.45) is 5.73 Å². The molecule has 0 spiro atoms. The van der Waals surface area contributed by atoms with Gasteiger partial charge in [0, 0.05) is 18.7 Å². The average molecular weight is 362 g/mol. The van der Waals surface area contributed by atoms with E-state index in [1.165, 1.54) is 12.1 Å². The summed E-state index contributed by atoms with van der Waals surface area (Å²) in [6, 6.07) is 12.8. The summed E-state index contributed by atoms with van der Waals surface area (Å²) >= 11 is 0. The van der Waals surface area contributed by atoms with Gasteiger partial charge in [0.15, 0.2) is 0 Å². The van der Waals surface area contributed by atoms with Crippen molar-refractivity contribution in [2.75, 3.05) is 18.4 Å². The molecule has 0 atom stereocenters. The highest BCUT2D eigenvalue weighted by atomic mass is 19.4. The Morgan fingerprint density at radius 1 is 1.00 bits per heavy atom. The lowest BCUT2D eigenvalue weighted by Crippen LogP contribution is -2.13. The van der Waals surface area contributed by atoms with Gasteiger partial charge in [0.2, 0.25) is 5.89 Å². The van der Waals surface area contributed by atoms with Crippen LogP contribution >= 0.6 is 0 Å². The second kappa shape index (κ2) is 7.57. The molecule has 3 N–H and O–H groups in total. The fourth-order valence-corrected chi connectivity index (χ4v) is 2.50. The van der Waals surface area contributed by atoms with E-state index in [-0.39, 0.29) is 6.01 Å². The van der Waals surface area contributed by atoms with Crippen molar-refractivity contribution in [3.05, 3.63) is 65.2 Å². The second-order valence-corrected chi connectivity index (χ2v) is 5.66. The van der Waals surface area contributed by atoms with Crippen molar-refractivity contribution in [2.45, 2.75) is 12.6 Å². The standard InChI is InChI=1S/C18H17F3N4O/c19-18(20,21)14-7-5-12(6-8-14)11-13-3-1-2-4-15(13)16-24-25-17(26-16)23-10-9-22/h1-8H,9-11,22H2,(H,23,25). The molecule has 8 heteroatoms. The van der Waals surface area contributed by atoms with Crippen LogP contribution in [0.4, 0.5) is 19.2 Å². The van der Waals surface area contributed by atoms with E-state index < -0.39 is 11.7 Å². The number of rotatable bonds is 6. The van der Waals surface area contributed by atoms with Gasteiger partial charge in [-0.25, -0.2) is 0 Å². The molecule has 3 rings (SSSR count). The van der Waals surface area contributed by atoms with Gasteiger partial charge in [-0.3, -0.25) is 0 Å². The first-order chi connectivity index (χ1) is 12.5. The van der Waals surface area contributed by atoms with E-state index in [0.29, 0.717) is 25.4 Å². The van der Waals surface area contributed by atoms with Crippen molar-refractivity contribution >= 4 is 6.01 Å². The molecule has 0 amide bonds. The minimum absolute atomic E-state index is 0.273. The Balaban J connectivity index is 1.82. The van der Waals surface area contributed by atoms with Crippen LogP contribution in [-0.2, 0) is 12.6 Å². The monoisotopic (exact) mass is 362 g/mol. The molecule has 5 nitrogen and oxygen atoms in total. The Kier molecular flexibility index (Phi) is 5.22. The Morgan fingerprint density at radius 2 is 1.73 bits per heavy atom. The Bertz CT molecular complexity index is 859. The van der Waals surface area contributed by atoms with Crippen LogP contribution in [-0.4, -0.2) is 23.3 Å². The van der Waals surface area contributed by atoms with Gasteiger partial charge in [-0.05, 0) is 35.7 Å². The predicted octanol–water partition coefficient (Wildman–Crippen LogP) is 3.72. The Hall–Kier alpha value is -2.87. The number of alkyl halides is 3. The zero-order valence-corrected chi connectivity index (χ0v) is 13.8. The summed E-state index contributed by atoms with van der Waals surface area (Å²) in [5, 5.41) is 10.8. The highest BCUT2D eigenvalue weighted by molar-refractivity contribution is 5.60. The van der Waals surface area contributed by atoms with E-state index >= 15 is 0 Å². The largest absolute Gasteiger partial charge is 0.416 e. The third-order valence-corrected chi connectivity index (χ3v) is 3.77. The molecule has 0 saturated carbocycles. The topological polar surface area (TPSA) is 77.0 Å². The van der Waals surface area contributed by atoms with Gasteiger partial charge < -0.3 is 15.5 Å². The first-order valence-corrected chi connectivity index (χ1v) is 7.99. The number of nitrogens with zero attached hydrogens (tertiary/aromatic N) is 2. The van der Waals surface area contributed by atoms with Crippen LogP contribution in [0, 0.1) is 0 Å². The fraction of sp³-hybridized carbons (Fsp3) is 0.222. The molecular formula is C18H17F3N4O. The van der Waals surface area contributed by atoms with Gasteiger partial charge in [0.05, 0.1) is 5.56 Å². The van der Waals surface area contributed by atoms with Crippen LogP contribution in [0.5, 0.6) is 0 Å². The summed E-state index contributed by atoms with van der Waals surface area (Å²) in [6.07, 6.45) is -3.89. The third kappa shape index (κ3) is 4.20. The van der Waals surface area contributed by atoms with E-state index in [1.807, 2.05) is 24.3 Å². The number of benzene rings is 2. The summed E-state index contributed by atoms with van der Waals surface area (Å²) in [5.74, 6) is 0.340. The molecule has 2 aromatic carbocycles. The number of aromatic nitrogens is 2. The summed E-state index contributed by atoms with van der Waals surface area (Å²) in [6.45, 7) is 0.942. The van der Waals surface area contributed by atoms with Gasteiger partial charge in [-0.1, -0.05) is 35.4 Å². The van der Waals surface area contributed by atoms with Crippen molar-refractivity contribution in [1.29, 1.82) is 0 Å². The number of anilines is 1. The van der Waals surface area contributed by atoms with Gasteiger partial charge in [-0.15, -0.1) is 5.10 Å². The van der Waals surface area contributed by atoms with Crippen molar-refractivity contribution in [3.63, 3.8) is 0 Å². The maximum Gasteiger partial charge on any atom is 0.416 e. The first-order valence-electron chi connectivity index (χ1n) is 7.99. The quantitative estimate of drug-likeness (QED) is 0.699. The number of nitrogens with two attached hydrogens (primary N) is 1. The molecule has 3 aromatic rings. The summed E-state index contributed by atoms with van der Waals surface area (Å²) in [5.41, 5.74) is 7.12. The number of halogens is 3. The Labute approximate surface area is 148 Å². The minimum Gasteiger partial charge on any atom is -0.403 e. The first kappa shape index (κ1) is 17.9. The lowest BCUT2D eigenvalue weighted by atomic mass is 9.99. The highest BCUT2D eigenvalue weighted by Crippen LogP contribution is 2.30. The number of nitrogens with one attached hydrogen (secondary N) is 1. The molecule has 1 aromatic heterocycles. The maximum atomic E-state index is 12.7. The lowest BCUT2D eigenvalue weighted by Gasteiger charge is -2.09. The van der Waals surface area contributed by atoms with Crippen LogP contribution in [0.3, 0.4) is 0 Å². The fourth-order valence-electron chi connectivity index (χ4n) is 2.50. The normalized spacial score (nSPS) is 11.5. The number of hydrogen-bond acceptors (Lipinski definition) is 5. The van der Waals surface area contributed by atoms with Crippen LogP contribution in [0.25, 0.3) is 11.5 Å². The molecule has 0 aliphatic rings. The van der Waals surface area contributed by atoms with Gasteiger partial charge >= 0.3 is 12.2 Å². The summed E-state index contributed by atoms with van der Waals surface area (Å²) in [7, 11) is 0. The van der Waals surface area contributed by atoms with Crippen molar-refractivity contribution in [1.82, 2.24) is 10.2 Å². The molecule has 0 unspecified atom stereocenters. The molecule has 26 heavy (non-hydrogen) atoms. The van der Waals surface area contributed by atoms with E-state index in [9.17, 15) is 13.2 Å². The zero-order chi connectivity index (χ0) is 18.6. The van der Waals surface area contributed by atoms with Crippen molar-refractivity contribution in [3.8, 4) is 11.5 Å². The average Bonchev–Trinajstić information content (AvgIpc) is 3.09. The molecule has 0 fully saturated rings. The van der Waals surface area contributed by atoms with E-state index in [0.717, 1.165) is 28.8 Å². The van der Waals surface area contributed by atoms with Crippen LogP contribution < -0.4 is 11.1 Å². The molecular weight excluding hydrogens is 345 g/mol. The molecule has 0 saturated heterocycles. The third-order valence-electron chi connectivity index (χ3n) is 3.77. The molecule has 136 valence electrons. The van der Waals surface area contributed by atoms with Gasteiger partial charge in [0.1, 0.15) is 0 Å². The minimum atomic E-state index is -4.34. The molecule has 0 bridgehead atoms. The lowest BCUT2D eigenvalue weighted by molar-refractivity contribution is -0.137. The highest BCUT2D eigenvalue weighted by Gasteiger charge is 2.29. The van der Waals surface area contributed by atoms with Crippen LogP contribution in [0.1, 0.15) is 16.7 Å². The molecule has 0 radical (unpaired) electrons. The zero-order valence-electron chi connectivity index (χ0n) is 13.8. The second-order valence-electron chi connectivity index (χ2n) is 5.66. The summed E-state index contributed by atoms with van der Waals surface area (Å²) < 4.78 is 43.6. The van der Waals surface area contributed by atoms with Crippen LogP contribution in [0.15, 0.2) is 52.9 Å². The summed E-state index contributed by atoms with van der Waals surface area (Å²) in [4.78, 5) is 0. The van der Waals surface area contributed by atoms with Crippen molar-refractivity contribution < 1.29 is 17.6 Å². The van der Waals surface area contributed by atoms with Gasteiger partial charge in [-0.2, -0.15) is 13.2 Å². The number of hydrogen-bond donors (Lipinski definition) is 2.